The van der Waals surface area contributed by atoms with Crippen LogP contribution in [-0.4, -0.2) is 56.8 Å². The van der Waals surface area contributed by atoms with Gasteiger partial charge in [0.1, 0.15) is 5.75 Å². The van der Waals surface area contributed by atoms with Crippen LogP contribution in [0.2, 0.25) is 0 Å². The van der Waals surface area contributed by atoms with Crippen molar-refractivity contribution in [2.45, 2.75) is 30.6 Å². The number of amides is 1. The Morgan fingerprint density at radius 1 is 1.12 bits per heavy atom. The molecule has 0 unspecified atom stereocenters. The molecule has 3 rings (SSSR count). The highest BCUT2D eigenvalue weighted by atomic mass is 32.2. The number of carbonyl (C=O) groups is 1. The van der Waals surface area contributed by atoms with Gasteiger partial charge in [-0.25, -0.2) is 8.42 Å². The van der Waals surface area contributed by atoms with Gasteiger partial charge in [0.15, 0.2) is 0 Å². The lowest BCUT2D eigenvalue weighted by atomic mass is 9.84. The van der Waals surface area contributed by atoms with Gasteiger partial charge in [0.2, 0.25) is 15.9 Å². The number of nitrogens with zero attached hydrogens (tertiary/aromatic N) is 2. The summed E-state index contributed by atoms with van der Waals surface area (Å²) in [7, 11) is -2.05. The zero-order valence-electron chi connectivity index (χ0n) is 14.0. The van der Waals surface area contributed by atoms with Crippen molar-refractivity contribution in [1.82, 2.24) is 9.21 Å². The van der Waals surface area contributed by atoms with Crippen LogP contribution in [0.4, 0.5) is 0 Å². The van der Waals surface area contributed by atoms with Crippen molar-refractivity contribution in [2.75, 3.05) is 33.3 Å². The topological polar surface area (TPSA) is 66.9 Å². The summed E-state index contributed by atoms with van der Waals surface area (Å²) in [6.07, 6.45) is 3.74. The highest BCUT2D eigenvalue weighted by molar-refractivity contribution is 7.89. The first-order valence-electron chi connectivity index (χ1n) is 8.45. The van der Waals surface area contributed by atoms with E-state index in [9.17, 15) is 13.2 Å². The molecular weight excluding hydrogens is 328 g/mol. The Labute approximate surface area is 143 Å². The monoisotopic (exact) mass is 352 g/mol. The molecule has 2 aliphatic rings. The van der Waals surface area contributed by atoms with Crippen molar-refractivity contribution in [3.05, 3.63) is 24.3 Å². The second-order valence-electron chi connectivity index (χ2n) is 6.39. The molecule has 1 aliphatic heterocycles. The number of methoxy groups -OCH3 is 1. The second kappa shape index (κ2) is 7.11. The summed E-state index contributed by atoms with van der Waals surface area (Å²) < 4.78 is 32.3. The quantitative estimate of drug-likeness (QED) is 0.827. The van der Waals surface area contributed by atoms with Crippen molar-refractivity contribution >= 4 is 15.9 Å². The highest BCUT2D eigenvalue weighted by Gasteiger charge is 2.32. The normalized spacial score (nSPS) is 20.3. The van der Waals surface area contributed by atoms with Crippen LogP contribution in [0, 0.1) is 5.92 Å². The molecule has 1 aromatic carbocycles. The van der Waals surface area contributed by atoms with Crippen LogP contribution in [0.25, 0.3) is 0 Å². The molecule has 1 aliphatic carbocycles. The standard InChI is InChI=1S/C17H24N2O4S/c1-23-15-7-3-8-16(13-15)24(21,22)19-10-4-9-18(11-12-19)17(20)14-5-2-6-14/h3,7-8,13-14H,2,4-6,9-12H2,1H3. The summed E-state index contributed by atoms with van der Waals surface area (Å²) in [5, 5.41) is 0. The summed E-state index contributed by atoms with van der Waals surface area (Å²) in [5.74, 6) is 0.876. The van der Waals surface area contributed by atoms with E-state index in [0.717, 1.165) is 19.3 Å². The van der Waals surface area contributed by atoms with Crippen LogP contribution in [0.3, 0.4) is 0 Å². The maximum absolute atomic E-state index is 12.9. The van der Waals surface area contributed by atoms with Gasteiger partial charge < -0.3 is 9.64 Å². The summed E-state index contributed by atoms with van der Waals surface area (Å²) in [5.41, 5.74) is 0. The molecule has 1 heterocycles. The van der Waals surface area contributed by atoms with Crippen LogP contribution in [0.5, 0.6) is 5.75 Å². The van der Waals surface area contributed by atoms with Crippen molar-refractivity contribution in [1.29, 1.82) is 0 Å². The third-order valence-electron chi connectivity index (χ3n) is 4.90. The first-order valence-corrected chi connectivity index (χ1v) is 9.89. The smallest absolute Gasteiger partial charge is 0.243 e. The van der Waals surface area contributed by atoms with E-state index >= 15 is 0 Å². The fourth-order valence-corrected chi connectivity index (χ4v) is 4.68. The lowest BCUT2D eigenvalue weighted by Crippen LogP contribution is -2.41. The SMILES string of the molecule is COc1cccc(S(=O)(=O)N2CCCN(C(=O)C3CCC3)CC2)c1. The van der Waals surface area contributed by atoms with E-state index in [1.165, 1.54) is 17.5 Å². The fraction of sp³-hybridized carbons (Fsp3) is 0.588. The lowest BCUT2D eigenvalue weighted by molar-refractivity contribution is -0.138. The Morgan fingerprint density at radius 3 is 2.58 bits per heavy atom. The third-order valence-corrected chi connectivity index (χ3v) is 6.79. The minimum atomic E-state index is -3.56. The van der Waals surface area contributed by atoms with Gasteiger partial charge >= 0.3 is 0 Å². The second-order valence-corrected chi connectivity index (χ2v) is 8.33. The van der Waals surface area contributed by atoms with Crippen LogP contribution >= 0.6 is 0 Å². The molecule has 1 saturated heterocycles. The maximum atomic E-state index is 12.9. The first-order chi connectivity index (χ1) is 11.5. The average Bonchev–Trinajstić information content (AvgIpc) is 2.79. The number of sulfonamides is 1. The number of ether oxygens (including phenoxy) is 1. The van der Waals surface area contributed by atoms with Gasteiger partial charge in [-0.2, -0.15) is 4.31 Å². The van der Waals surface area contributed by atoms with Crippen LogP contribution in [-0.2, 0) is 14.8 Å². The number of rotatable bonds is 4. The van der Waals surface area contributed by atoms with E-state index in [2.05, 4.69) is 0 Å². The highest BCUT2D eigenvalue weighted by Crippen LogP contribution is 2.29. The molecule has 0 radical (unpaired) electrons. The Bertz CT molecular complexity index is 700. The van der Waals surface area contributed by atoms with E-state index in [-0.39, 0.29) is 16.7 Å². The van der Waals surface area contributed by atoms with E-state index in [1.807, 2.05) is 4.90 Å². The molecule has 0 aromatic heterocycles. The fourth-order valence-electron chi connectivity index (χ4n) is 3.18. The van der Waals surface area contributed by atoms with Crippen molar-refractivity contribution in [3.63, 3.8) is 0 Å². The van der Waals surface area contributed by atoms with Gasteiger partial charge in [0.25, 0.3) is 0 Å². The molecule has 1 aromatic rings. The number of hydrogen-bond donors (Lipinski definition) is 0. The molecule has 24 heavy (non-hydrogen) atoms. The lowest BCUT2D eigenvalue weighted by Gasteiger charge is -2.31. The van der Waals surface area contributed by atoms with Crippen LogP contribution in [0.1, 0.15) is 25.7 Å². The van der Waals surface area contributed by atoms with E-state index < -0.39 is 10.0 Å². The van der Waals surface area contributed by atoms with Gasteiger partial charge in [-0.15, -0.1) is 0 Å². The maximum Gasteiger partial charge on any atom is 0.243 e. The molecular formula is C17H24N2O4S. The molecule has 2 fully saturated rings. The van der Waals surface area contributed by atoms with Gasteiger partial charge in [0.05, 0.1) is 12.0 Å². The Kier molecular flexibility index (Phi) is 5.10. The van der Waals surface area contributed by atoms with Crippen LogP contribution < -0.4 is 4.74 Å². The average molecular weight is 352 g/mol. The van der Waals surface area contributed by atoms with E-state index in [1.54, 1.807) is 18.2 Å². The zero-order chi connectivity index (χ0) is 17.2. The van der Waals surface area contributed by atoms with Crippen molar-refractivity contribution in [2.24, 2.45) is 5.92 Å². The van der Waals surface area contributed by atoms with Gasteiger partial charge in [-0.3, -0.25) is 4.79 Å². The molecule has 1 saturated carbocycles. The summed E-state index contributed by atoms with van der Waals surface area (Å²) in [4.78, 5) is 14.5. The summed E-state index contributed by atoms with van der Waals surface area (Å²) >= 11 is 0. The molecule has 7 heteroatoms. The number of benzene rings is 1. The molecule has 0 N–H and O–H groups in total. The molecule has 0 spiro atoms. The van der Waals surface area contributed by atoms with Gasteiger partial charge in [0, 0.05) is 38.2 Å². The number of carbonyl (C=O) groups excluding carboxylic acids is 1. The molecule has 6 nitrogen and oxygen atoms in total. The zero-order valence-corrected chi connectivity index (χ0v) is 14.8. The van der Waals surface area contributed by atoms with Crippen LogP contribution in [0.15, 0.2) is 29.2 Å². The predicted molar refractivity (Wildman–Crippen MR) is 90.3 cm³/mol. The van der Waals surface area contributed by atoms with Gasteiger partial charge in [-0.05, 0) is 31.4 Å². The molecule has 0 bridgehead atoms. The largest absolute Gasteiger partial charge is 0.497 e. The summed E-state index contributed by atoms with van der Waals surface area (Å²) in [6, 6.07) is 6.52. The summed E-state index contributed by atoms with van der Waals surface area (Å²) in [6.45, 7) is 1.89. The molecule has 132 valence electrons. The van der Waals surface area contributed by atoms with Gasteiger partial charge in [-0.1, -0.05) is 12.5 Å². The van der Waals surface area contributed by atoms with Crippen molar-refractivity contribution in [3.8, 4) is 5.75 Å². The molecule has 1 amide bonds. The van der Waals surface area contributed by atoms with Crippen molar-refractivity contribution < 1.29 is 17.9 Å². The molecule has 0 atom stereocenters. The third kappa shape index (κ3) is 3.42. The minimum absolute atomic E-state index is 0.159. The Balaban J connectivity index is 1.71. The Morgan fingerprint density at radius 2 is 1.92 bits per heavy atom. The Hall–Kier alpha value is -1.60. The van der Waals surface area contributed by atoms with E-state index in [4.69, 9.17) is 4.74 Å². The van der Waals surface area contributed by atoms with E-state index in [0.29, 0.717) is 38.3 Å². The first kappa shape index (κ1) is 17.2. The number of hydrogen-bond acceptors (Lipinski definition) is 4. The minimum Gasteiger partial charge on any atom is -0.497 e. The predicted octanol–water partition coefficient (Wildman–Crippen LogP) is 1.72.